The molecule has 0 saturated carbocycles. The molecule has 0 aliphatic heterocycles. The molecule has 0 aliphatic carbocycles. The van der Waals surface area contributed by atoms with Crippen LogP contribution < -0.4 is 0 Å². The van der Waals surface area contributed by atoms with Crippen molar-refractivity contribution in [3.05, 3.63) is 140 Å². The summed E-state index contributed by atoms with van der Waals surface area (Å²) >= 11 is 0. The van der Waals surface area contributed by atoms with Crippen LogP contribution in [0.15, 0.2) is 140 Å². The molecule has 0 radical (unpaired) electrons. The van der Waals surface area contributed by atoms with Crippen LogP contribution in [0.25, 0.3) is 76.5 Å². The Labute approximate surface area is 221 Å². The summed E-state index contributed by atoms with van der Waals surface area (Å²) in [7, 11) is 0. The number of nitrogens with zero attached hydrogens (tertiary/aromatic N) is 1. The van der Waals surface area contributed by atoms with Crippen LogP contribution in [0, 0.1) is 0 Å². The van der Waals surface area contributed by atoms with Gasteiger partial charge in [0.15, 0.2) is 0 Å². The van der Waals surface area contributed by atoms with Gasteiger partial charge in [0.25, 0.3) is 0 Å². The number of rotatable bonds is 3. The molecule has 0 amide bonds. The van der Waals surface area contributed by atoms with Gasteiger partial charge in [-0.05, 0) is 88.6 Å². The van der Waals surface area contributed by atoms with Gasteiger partial charge in [-0.3, -0.25) is 4.98 Å². The van der Waals surface area contributed by atoms with Crippen molar-refractivity contribution < 1.29 is 0 Å². The molecular weight excluding hydrogens is 458 g/mol. The van der Waals surface area contributed by atoms with Gasteiger partial charge in [-0.2, -0.15) is 0 Å². The van der Waals surface area contributed by atoms with Crippen molar-refractivity contribution in [1.82, 2.24) is 4.98 Å². The molecule has 1 aromatic heterocycles. The first kappa shape index (κ1) is 21.1. The smallest absolute Gasteiger partial charge is 0.0273 e. The van der Waals surface area contributed by atoms with E-state index in [-0.39, 0.29) is 0 Å². The third kappa shape index (κ3) is 3.16. The average molecular weight is 482 g/mol. The zero-order valence-electron chi connectivity index (χ0n) is 20.7. The molecule has 8 rings (SSSR count). The van der Waals surface area contributed by atoms with Crippen LogP contribution in [-0.2, 0) is 0 Å². The summed E-state index contributed by atoms with van der Waals surface area (Å²) in [6, 6.07) is 46.5. The van der Waals surface area contributed by atoms with E-state index >= 15 is 0 Å². The van der Waals surface area contributed by atoms with Crippen LogP contribution in [0.1, 0.15) is 0 Å². The maximum Gasteiger partial charge on any atom is 0.0273 e. The Bertz CT molecular complexity index is 2100. The van der Waals surface area contributed by atoms with E-state index in [2.05, 4.69) is 132 Å². The van der Waals surface area contributed by atoms with Gasteiger partial charge in [-0.15, -0.1) is 0 Å². The van der Waals surface area contributed by atoms with E-state index in [9.17, 15) is 0 Å². The highest BCUT2D eigenvalue weighted by Gasteiger charge is 2.15. The van der Waals surface area contributed by atoms with Crippen molar-refractivity contribution in [3.8, 4) is 33.4 Å². The molecule has 1 heteroatoms. The standard InChI is InChI=1S/C37H23N/c1-2-6-30-24(4-1)5-3-7-31(30)25-8-10-26(11-9-25)32-16-12-28-15-19-35-33(27-20-22-38-23-21-27)17-13-29-14-18-34(32)36(28)37(29)35/h1-23H. The highest BCUT2D eigenvalue weighted by Crippen LogP contribution is 2.42. The predicted molar refractivity (Wildman–Crippen MR) is 162 cm³/mol. The minimum atomic E-state index is 1.20. The first-order valence-electron chi connectivity index (χ1n) is 13.0. The normalized spacial score (nSPS) is 11.7. The molecular formula is C37H23N. The number of aromatic nitrogens is 1. The van der Waals surface area contributed by atoms with E-state index in [4.69, 9.17) is 0 Å². The third-order valence-corrected chi connectivity index (χ3v) is 7.95. The number of fused-ring (bicyclic) bond motifs is 1. The Balaban J connectivity index is 1.31. The average Bonchev–Trinajstić information content (AvgIpc) is 3.00. The van der Waals surface area contributed by atoms with Gasteiger partial charge in [0, 0.05) is 12.4 Å². The Morgan fingerprint density at radius 1 is 0.316 bits per heavy atom. The van der Waals surface area contributed by atoms with Crippen LogP contribution >= 0.6 is 0 Å². The third-order valence-electron chi connectivity index (χ3n) is 7.95. The van der Waals surface area contributed by atoms with Crippen LogP contribution in [0.4, 0.5) is 0 Å². The highest BCUT2D eigenvalue weighted by molar-refractivity contribution is 6.27. The lowest BCUT2D eigenvalue weighted by atomic mass is 9.87. The zero-order chi connectivity index (χ0) is 25.1. The molecule has 0 fully saturated rings. The second kappa shape index (κ2) is 8.26. The lowest BCUT2D eigenvalue weighted by molar-refractivity contribution is 1.33. The Morgan fingerprint density at radius 3 is 1.45 bits per heavy atom. The fraction of sp³-hybridized carbons (Fsp3) is 0. The van der Waals surface area contributed by atoms with E-state index in [1.54, 1.807) is 0 Å². The van der Waals surface area contributed by atoms with E-state index in [0.717, 1.165) is 0 Å². The van der Waals surface area contributed by atoms with Gasteiger partial charge in [0.2, 0.25) is 0 Å². The summed E-state index contributed by atoms with van der Waals surface area (Å²) < 4.78 is 0. The van der Waals surface area contributed by atoms with Crippen LogP contribution in [0.5, 0.6) is 0 Å². The van der Waals surface area contributed by atoms with Crippen LogP contribution in [0.2, 0.25) is 0 Å². The van der Waals surface area contributed by atoms with E-state index < -0.39 is 0 Å². The molecule has 0 unspecified atom stereocenters. The van der Waals surface area contributed by atoms with Gasteiger partial charge in [0.05, 0.1) is 0 Å². The van der Waals surface area contributed by atoms with Crippen molar-refractivity contribution in [2.24, 2.45) is 0 Å². The summed E-state index contributed by atoms with van der Waals surface area (Å²) in [5.41, 5.74) is 7.47. The van der Waals surface area contributed by atoms with E-state index in [1.807, 2.05) is 12.4 Å². The minimum Gasteiger partial charge on any atom is -0.265 e. The van der Waals surface area contributed by atoms with Gasteiger partial charge in [-0.25, -0.2) is 0 Å². The topological polar surface area (TPSA) is 12.9 Å². The van der Waals surface area contributed by atoms with Crippen molar-refractivity contribution in [2.45, 2.75) is 0 Å². The Morgan fingerprint density at radius 2 is 0.816 bits per heavy atom. The number of hydrogen-bond donors (Lipinski definition) is 0. The van der Waals surface area contributed by atoms with Crippen molar-refractivity contribution >= 4 is 43.1 Å². The summed E-state index contributed by atoms with van der Waals surface area (Å²) in [6.45, 7) is 0. The molecule has 38 heavy (non-hydrogen) atoms. The molecule has 7 aromatic carbocycles. The van der Waals surface area contributed by atoms with Gasteiger partial charge in [-0.1, -0.05) is 115 Å². The monoisotopic (exact) mass is 481 g/mol. The SMILES string of the molecule is c1ccc2c(-c3ccc(-c4ccc5ccc6c(-c7ccncc7)ccc7ccc4c5c76)cc3)cccc2c1. The molecule has 0 saturated heterocycles. The van der Waals surface area contributed by atoms with Gasteiger partial charge < -0.3 is 0 Å². The van der Waals surface area contributed by atoms with Crippen molar-refractivity contribution in [3.63, 3.8) is 0 Å². The Kier molecular flexibility index (Phi) is 4.59. The van der Waals surface area contributed by atoms with Gasteiger partial charge in [0.1, 0.15) is 0 Å². The van der Waals surface area contributed by atoms with Crippen LogP contribution in [-0.4, -0.2) is 4.98 Å². The minimum absolute atomic E-state index is 1.20. The fourth-order valence-corrected chi connectivity index (χ4v) is 6.14. The molecule has 1 heterocycles. The summed E-state index contributed by atoms with van der Waals surface area (Å²) in [6.07, 6.45) is 3.74. The Hall–Kier alpha value is -5.01. The first-order valence-corrected chi connectivity index (χ1v) is 13.0. The summed E-state index contributed by atoms with van der Waals surface area (Å²) in [4.78, 5) is 4.22. The molecule has 0 spiro atoms. The zero-order valence-corrected chi connectivity index (χ0v) is 20.7. The largest absolute Gasteiger partial charge is 0.265 e. The highest BCUT2D eigenvalue weighted by atomic mass is 14.6. The lowest BCUT2D eigenvalue weighted by Crippen LogP contribution is -1.89. The first-order chi connectivity index (χ1) is 18.8. The second-order valence-corrected chi connectivity index (χ2v) is 9.99. The number of hydrogen-bond acceptors (Lipinski definition) is 1. The quantitative estimate of drug-likeness (QED) is 0.229. The second-order valence-electron chi connectivity index (χ2n) is 9.99. The maximum absolute atomic E-state index is 4.22. The van der Waals surface area contributed by atoms with E-state index in [0.29, 0.717) is 0 Å². The molecule has 176 valence electrons. The lowest BCUT2D eigenvalue weighted by Gasteiger charge is -2.16. The van der Waals surface area contributed by atoms with Gasteiger partial charge >= 0.3 is 0 Å². The molecule has 0 atom stereocenters. The summed E-state index contributed by atoms with van der Waals surface area (Å²) in [5, 5.41) is 10.4. The van der Waals surface area contributed by atoms with Crippen molar-refractivity contribution in [1.29, 1.82) is 0 Å². The van der Waals surface area contributed by atoms with Crippen LogP contribution in [0.3, 0.4) is 0 Å². The number of pyridine rings is 1. The maximum atomic E-state index is 4.22. The molecule has 8 aromatic rings. The van der Waals surface area contributed by atoms with Crippen molar-refractivity contribution in [2.75, 3.05) is 0 Å². The molecule has 0 aliphatic rings. The predicted octanol–water partition coefficient (Wildman–Crippen LogP) is 10.1. The molecule has 1 nitrogen and oxygen atoms in total. The summed E-state index contributed by atoms with van der Waals surface area (Å²) in [5.74, 6) is 0. The van der Waals surface area contributed by atoms with E-state index in [1.165, 1.54) is 76.5 Å². The fourth-order valence-electron chi connectivity index (χ4n) is 6.14. The number of benzene rings is 7. The molecule has 0 bridgehead atoms. The molecule has 0 N–H and O–H groups in total.